The number of nitrogens with one attached hydrogen (secondary N) is 1. The van der Waals surface area contributed by atoms with E-state index in [2.05, 4.69) is 4.72 Å². The van der Waals surface area contributed by atoms with E-state index in [9.17, 15) is 17.6 Å². The van der Waals surface area contributed by atoms with Gasteiger partial charge in [0.15, 0.2) is 0 Å². The van der Waals surface area contributed by atoms with Gasteiger partial charge in [-0.25, -0.2) is 17.6 Å². The van der Waals surface area contributed by atoms with Crippen molar-refractivity contribution in [2.24, 2.45) is 0 Å². The van der Waals surface area contributed by atoms with E-state index in [4.69, 9.17) is 16.3 Å². The van der Waals surface area contributed by atoms with Crippen molar-refractivity contribution in [3.63, 3.8) is 0 Å². The van der Waals surface area contributed by atoms with Crippen molar-refractivity contribution in [2.75, 3.05) is 11.0 Å². The molecule has 5 nitrogen and oxygen atoms in total. The summed E-state index contributed by atoms with van der Waals surface area (Å²) in [5.41, 5.74) is 0.894. The number of anilines is 1. The molecule has 0 saturated carbocycles. The van der Waals surface area contributed by atoms with Crippen molar-refractivity contribution in [3.05, 3.63) is 64.4 Å². The van der Waals surface area contributed by atoms with Crippen LogP contribution in [0.25, 0.3) is 0 Å². The average Bonchev–Trinajstić information content (AvgIpc) is 2.44. The number of hydrogen-bond donors (Lipinski definition) is 1. The third-order valence-electron chi connectivity index (χ3n) is 2.78. The van der Waals surface area contributed by atoms with Crippen molar-refractivity contribution in [1.82, 2.24) is 0 Å². The topological polar surface area (TPSA) is 72.5 Å². The molecule has 0 aromatic heterocycles. The van der Waals surface area contributed by atoms with Gasteiger partial charge in [-0.15, -0.1) is 0 Å². The number of ether oxygens (including phenoxy) is 1. The van der Waals surface area contributed by atoms with E-state index in [1.165, 1.54) is 36.4 Å². The number of esters is 1. The fourth-order valence-corrected chi connectivity index (χ4v) is 2.57. The van der Waals surface area contributed by atoms with Crippen molar-refractivity contribution >= 4 is 33.3 Å². The average molecular weight is 358 g/mol. The van der Waals surface area contributed by atoms with E-state index < -0.39 is 21.8 Å². The van der Waals surface area contributed by atoms with Crippen LogP contribution in [-0.2, 0) is 21.4 Å². The van der Waals surface area contributed by atoms with Crippen LogP contribution < -0.4 is 4.72 Å². The first-order chi connectivity index (χ1) is 10.7. The second-order valence-electron chi connectivity index (χ2n) is 4.77. The molecule has 0 radical (unpaired) electrons. The summed E-state index contributed by atoms with van der Waals surface area (Å²) >= 11 is 5.85. The molecule has 23 heavy (non-hydrogen) atoms. The highest BCUT2D eigenvalue weighted by molar-refractivity contribution is 7.92. The Morgan fingerprint density at radius 2 is 2.00 bits per heavy atom. The van der Waals surface area contributed by atoms with E-state index in [1.807, 2.05) is 0 Å². The first kappa shape index (κ1) is 17.2. The standard InChI is InChI=1S/C15H13ClFNO4S/c1-23(20,21)18-13-4-2-3-10(7-13)15(19)22-9-11-5-6-12(17)8-14(11)16/h2-8,18H,9H2,1H3. The highest BCUT2D eigenvalue weighted by atomic mass is 35.5. The number of hydrogen-bond acceptors (Lipinski definition) is 4. The van der Waals surface area contributed by atoms with Gasteiger partial charge in [-0.05, 0) is 30.3 Å². The van der Waals surface area contributed by atoms with Gasteiger partial charge in [-0.1, -0.05) is 23.7 Å². The molecule has 0 heterocycles. The molecule has 0 spiro atoms. The summed E-state index contributed by atoms with van der Waals surface area (Å²) in [4.78, 5) is 12.0. The molecule has 2 aromatic rings. The molecule has 2 rings (SSSR count). The number of carbonyl (C=O) groups is 1. The Balaban J connectivity index is 2.07. The number of benzene rings is 2. The van der Waals surface area contributed by atoms with Crippen LogP contribution >= 0.6 is 11.6 Å². The van der Waals surface area contributed by atoms with Gasteiger partial charge in [0.1, 0.15) is 12.4 Å². The zero-order chi connectivity index (χ0) is 17.0. The summed E-state index contributed by atoms with van der Waals surface area (Å²) < 4.78 is 42.7. The van der Waals surface area contributed by atoms with Crippen molar-refractivity contribution in [3.8, 4) is 0 Å². The summed E-state index contributed by atoms with van der Waals surface area (Å²) in [5, 5.41) is 0.158. The SMILES string of the molecule is CS(=O)(=O)Nc1cccc(C(=O)OCc2ccc(F)cc2Cl)c1. The number of carbonyl (C=O) groups excluding carboxylic acids is 1. The second kappa shape index (κ2) is 6.97. The van der Waals surface area contributed by atoms with Crippen LogP contribution in [0.5, 0.6) is 0 Å². The van der Waals surface area contributed by atoms with Crippen LogP contribution in [0.3, 0.4) is 0 Å². The molecule has 2 aromatic carbocycles. The molecule has 0 fully saturated rings. The number of sulfonamides is 1. The highest BCUT2D eigenvalue weighted by Crippen LogP contribution is 2.19. The van der Waals surface area contributed by atoms with Crippen LogP contribution in [0.2, 0.25) is 5.02 Å². The van der Waals surface area contributed by atoms with E-state index in [1.54, 1.807) is 0 Å². The maximum Gasteiger partial charge on any atom is 0.338 e. The molecule has 0 amide bonds. The lowest BCUT2D eigenvalue weighted by Crippen LogP contribution is -2.11. The fraction of sp³-hybridized carbons (Fsp3) is 0.133. The lowest BCUT2D eigenvalue weighted by Gasteiger charge is -2.08. The highest BCUT2D eigenvalue weighted by Gasteiger charge is 2.11. The smallest absolute Gasteiger partial charge is 0.338 e. The van der Waals surface area contributed by atoms with Crippen LogP contribution in [0.4, 0.5) is 10.1 Å². The minimum absolute atomic E-state index is 0.123. The normalized spacial score (nSPS) is 11.1. The summed E-state index contributed by atoms with van der Waals surface area (Å²) in [6.45, 7) is -0.123. The third-order valence-corrected chi connectivity index (χ3v) is 3.73. The van der Waals surface area contributed by atoms with Crippen LogP contribution in [0.1, 0.15) is 15.9 Å². The van der Waals surface area contributed by atoms with Gasteiger partial charge in [-0.2, -0.15) is 0 Å². The van der Waals surface area contributed by atoms with Gasteiger partial charge in [0.25, 0.3) is 0 Å². The first-order valence-corrected chi connectivity index (χ1v) is 8.70. The summed E-state index contributed by atoms with van der Waals surface area (Å²) in [6.07, 6.45) is 1.01. The predicted octanol–water partition coefficient (Wildman–Crippen LogP) is 3.21. The molecule has 8 heteroatoms. The summed E-state index contributed by atoms with van der Waals surface area (Å²) in [6, 6.07) is 9.64. The molecule has 1 N–H and O–H groups in total. The monoisotopic (exact) mass is 357 g/mol. The van der Waals surface area contributed by atoms with Crippen LogP contribution in [0.15, 0.2) is 42.5 Å². The van der Waals surface area contributed by atoms with Gasteiger partial charge in [-0.3, -0.25) is 4.72 Å². The zero-order valence-electron chi connectivity index (χ0n) is 12.0. The lowest BCUT2D eigenvalue weighted by atomic mass is 10.2. The molecular weight excluding hydrogens is 345 g/mol. The second-order valence-corrected chi connectivity index (χ2v) is 6.92. The van der Waals surface area contributed by atoms with Gasteiger partial charge in [0.2, 0.25) is 10.0 Å². The van der Waals surface area contributed by atoms with Crippen molar-refractivity contribution in [2.45, 2.75) is 6.61 Å². The molecule has 0 aliphatic rings. The molecular formula is C15H13ClFNO4S. The predicted molar refractivity (Wildman–Crippen MR) is 85.4 cm³/mol. The van der Waals surface area contributed by atoms with E-state index in [-0.39, 0.29) is 22.9 Å². The van der Waals surface area contributed by atoms with Crippen molar-refractivity contribution in [1.29, 1.82) is 0 Å². The molecule has 0 aliphatic heterocycles. The van der Waals surface area contributed by atoms with Crippen molar-refractivity contribution < 1.29 is 22.3 Å². The number of halogens is 2. The Bertz CT molecular complexity index is 839. The third kappa shape index (κ3) is 5.22. The van der Waals surface area contributed by atoms with Crippen LogP contribution in [-0.4, -0.2) is 20.6 Å². The Hall–Kier alpha value is -2.12. The maximum absolute atomic E-state index is 12.9. The van der Waals surface area contributed by atoms with E-state index >= 15 is 0 Å². The summed E-state index contributed by atoms with van der Waals surface area (Å²) in [7, 11) is -3.44. The molecule has 0 atom stereocenters. The van der Waals surface area contributed by atoms with Gasteiger partial charge in [0, 0.05) is 11.3 Å². The van der Waals surface area contributed by atoms with Gasteiger partial charge < -0.3 is 4.74 Å². The van der Waals surface area contributed by atoms with Crippen LogP contribution in [0, 0.1) is 5.82 Å². The molecule has 0 saturated heterocycles. The zero-order valence-corrected chi connectivity index (χ0v) is 13.6. The Morgan fingerprint density at radius 1 is 1.26 bits per heavy atom. The van der Waals surface area contributed by atoms with Gasteiger partial charge >= 0.3 is 5.97 Å². The summed E-state index contributed by atoms with van der Waals surface area (Å²) in [5.74, 6) is -1.13. The molecule has 0 unspecified atom stereocenters. The van der Waals surface area contributed by atoms with E-state index in [0.717, 1.165) is 12.3 Å². The van der Waals surface area contributed by atoms with Gasteiger partial charge in [0.05, 0.1) is 16.8 Å². The minimum Gasteiger partial charge on any atom is -0.457 e. The largest absolute Gasteiger partial charge is 0.457 e. The maximum atomic E-state index is 12.9. The quantitative estimate of drug-likeness (QED) is 0.834. The minimum atomic E-state index is -3.44. The Morgan fingerprint density at radius 3 is 2.65 bits per heavy atom. The number of rotatable bonds is 5. The lowest BCUT2D eigenvalue weighted by molar-refractivity contribution is 0.0473. The molecule has 0 aliphatic carbocycles. The molecule has 122 valence electrons. The Labute approximate surface area is 138 Å². The Kier molecular flexibility index (Phi) is 5.23. The first-order valence-electron chi connectivity index (χ1n) is 6.43. The van der Waals surface area contributed by atoms with E-state index in [0.29, 0.717) is 5.56 Å². The molecule has 0 bridgehead atoms. The fourth-order valence-electron chi connectivity index (χ4n) is 1.79.